The van der Waals surface area contributed by atoms with Crippen molar-refractivity contribution in [1.29, 1.82) is 0 Å². The largest absolute Gasteiger partial charge is 0.453 e. The maximum absolute atomic E-state index is 7.01. The molecule has 0 saturated heterocycles. The molecule has 0 unspecified atom stereocenters. The lowest BCUT2D eigenvalue weighted by Gasteiger charge is -2.31. The van der Waals surface area contributed by atoms with E-state index in [1.54, 1.807) is 0 Å². The Bertz CT molecular complexity index is 3110. The second-order valence-corrected chi connectivity index (χ2v) is 14.6. The average Bonchev–Trinajstić information content (AvgIpc) is 3.90. The predicted molar refractivity (Wildman–Crippen MR) is 225 cm³/mol. The van der Waals surface area contributed by atoms with Crippen molar-refractivity contribution in [1.82, 2.24) is 4.98 Å². The molecule has 12 rings (SSSR count). The maximum Gasteiger partial charge on any atom is 0.159 e. The molecule has 3 heteroatoms. The topological polar surface area (TPSA) is 29.3 Å². The molecule has 0 fully saturated rings. The zero-order valence-electron chi connectivity index (χ0n) is 29.8. The molecule has 0 aliphatic heterocycles. The Labute approximate surface area is 318 Å². The number of hydrogen-bond donors (Lipinski definition) is 0. The summed E-state index contributed by atoms with van der Waals surface area (Å²) < 4.78 is 7.01. The van der Waals surface area contributed by atoms with Crippen LogP contribution < -0.4 is 4.90 Å². The van der Waals surface area contributed by atoms with E-state index in [1.807, 2.05) is 18.3 Å². The van der Waals surface area contributed by atoms with Crippen LogP contribution in [0.3, 0.4) is 0 Å². The molecule has 3 nitrogen and oxygen atoms in total. The Kier molecular flexibility index (Phi) is 6.26. The van der Waals surface area contributed by atoms with Gasteiger partial charge in [-0.3, -0.25) is 4.98 Å². The monoisotopic (exact) mass is 700 g/mol. The third-order valence-electron chi connectivity index (χ3n) is 11.9. The van der Waals surface area contributed by atoms with Gasteiger partial charge in [0.05, 0.1) is 22.3 Å². The summed E-state index contributed by atoms with van der Waals surface area (Å²) in [6.07, 6.45) is 1.96. The van der Waals surface area contributed by atoms with Gasteiger partial charge in [-0.05, 0) is 86.5 Å². The highest BCUT2D eigenvalue weighted by atomic mass is 16.3. The molecule has 10 aromatic rings. The van der Waals surface area contributed by atoms with Crippen LogP contribution in [0.15, 0.2) is 199 Å². The van der Waals surface area contributed by atoms with Gasteiger partial charge in [0.1, 0.15) is 5.58 Å². The van der Waals surface area contributed by atoms with Crippen LogP contribution in [0.2, 0.25) is 0 Å². The SMILES string of the molecule is c1ccc(-c2ccc(N(c3cccc4c3-c3ccccc3C43c4ccccc4-c4ccccc43)c3cccc4c3oc3c5ccccc5ncc43)cc2)cc1. The number of benzene rings is 8. The Balaban J connectivity index is 1.17. The van der Waals surface area contributed by atoms with Crippen LogP contribution in [0, 0.1) is 0 Å². The van der Waals surface area contributed by atoms with E-state index in [0.29, 0.717) is 0 Å². The molecule has 2 heterocycles. The van der Waals surface area contributed by atoms with Gasteiger partial charge in [0, 0.05) is 33.6 Å². The van der Waals surface area contributed by atoms with Crippen molar-refractivity contribution in [3.63, 3.8) is 0 Å². The summed E-state index contributed by atoms with van der Waals surface area (Å²) in [5, 5.41) is 3.06. The first-order chi connectivity index (χ1) is 27.3. The molecule has 8 aromatic carbocycles. The first-order valence-electron chi connectivity index (χ1n) is 18.9. The molecule has 0 atom stereocenters. The molecule has 0 radical (unpaired) electrons. The van der Waals surface area contributed by atoms with Gasteiger partial charge in [-0.25, -0.2) is 0 Å². The standard InChI is InChI=1S/C52H32N2O/c1-2-14-33(15-3-1)34-28-30-35(31-29-34)54(48-27-12-20-38-41-32-53-46-25-11-7-19-40(46)50(41)55-51(38)48)47-26-13-24-45-49(47)39-18-6-10-23-44(39)52(45)42-21-8-4-16-36(42)37-17-5-9-22-43(37)52/h1-32H. The third kappa shape index (κ3) is 4.07. The predicted octanol–water partition coefficient (Wildman–Crippen LogP) is 13.6. The number of anilines is 3. The second-order valence-electron chi connectivity index (χ2n) is 14.6. The normalized spacial score (nSPS) is 13.2. The molecule has 0 bridgehead atoms. The van der Waals surface area contributed by atoms with Gasteiger partial charge in [0.15, 0.2) is 5.58 Å². The van der Waals surface area contributed by atoms with E-state index in [1.165, 1.54) is 55.6 Å². The summed E-state index contributed by atoms with van der Waals surface area (Å²) in [6.45, 7) is 0. The smallest absolute Gasteiger partial charge is 0.159 e. The summed E-state index contributed by atoms with van der Waals surface area (Å²) >= 11 is 0. The molecule has 1 spiro atoms. The highest BCUT2D eigenvalue weighted by molar-refractivity contribution is 6.17. The zero-order valence-corrected chi connectivity index (χ0v) is 29.8. The molecule has 2 aliphatic carbocycles. The van der Waals surface area contributed by atoms with Crippen LogP contribution in [0.25, 0.3) is 66.2 Å². The van der Waals surface area contributed by atoms with Crippen LogP contribution in [0.5, 0.6) is 0 Å². The summed E-state index contributed by atoms with van der Waals surface area (Å²) in [5.41, 5.74) is 18.0. The number of aromatic nitrogens is 1. The van der Waals surface area contributed by atoms with E-state index in [9.17, 15) is 0 Å². The Morgan fingerprint density at radius 3 is 1.73 bits per heavy atom. The summed E-state index contributed by atoms with van der Waals surface area (Å²) in [6, 6.07) is 68.1. The van der Waals surface area contributed by atoms with Gasteiger partial charge in [-0.1, -0.05) is 152 Å². The van der Waals surface area contributed by atoms with E-state index in [2.05, 4.69) is 181 Å². The fourth-order valence-electron chi connectivity index (χ4n) is 9.69. The Hall–Kier alpha value is -7.23. The maximum atomic E-state index is 7.01. The van der Waals surface area contributed by atoms with Gasteiger partial charge in [0.25, 0.3) is 0 Å². The number of pyridine rings is 1. The highest BCUT2D eigenvalue weighted by Crippen LogP contribution is 2.64. The van der Waals surface area contributed by atoms with Crippen molar-refractivity contribution in [3.05, 3.63) is 217 Å². The van der Waals surface area contributed by atoms with Crippen molar-refractivity contribution in [2.75, 3.05) is 4.90 Å². The first kappa shape index (κ1) is 30.3. The minimum absolute atomic E-state index is 0.450. The third-order valence-corrected chi connectivity index (χ3v) is 11.9. The van der Waals surface area contributed by atoms with Crippen molar-refractivity contribution in [2.24, 2.45) is 0 Å². The lowest BCUT2D eigenvalue weighted by atomic mass is 9.70. The van der Waals surface area contributed by atoms with Crippen LogP contribution >= 0.6 is 0 Å². The number of furan rings is 1. The van der Waals surface area contributed by atoms with Crippen LogP contribution in [0.4, 0.5) is 17.1 Å². The van der Waals surface area contributed by atoms with Crippen molar-refractivity contribution >= 4 is 49.9 Å². The average molecular weight is 701 g/mol. The minimum Gasteiger partial charge on any atom is -0.453 e. The molecule has 55 heavy (non-hydrogen) atoms. The fraction of sp³-hybridized carbons (Fsp3) is 0.0192. The van der Waals surface area contributed by atoms with E-state index in [-0.39, 0.29) is 0 Å². The number of fused-ring (bicyclic) bond motifs is 15. The Morgan fingerprint density at radius 1 is 0.400 bits per heavy atom. The lowest BCUT2D eigenvalue weighted by molar-refractivity contribution is 0.672. The quantitative estimate of drug-likeness (QED) is 0.183. The number of hydrogen-bond acceptors (Lipinski definition) is 3. The molecule has 2 aliphatic rings. The van der Waals surface area contributed by atoms with Crippen LogP contribution in [-0.4, -0.2) is 4.98 Å². The molecule has 0 amide bonds. The summed E-state index contributed by atoms with van der Waals surface area (Å²) in [4.78, 5) is 7.25. The van der Waals surface area contributed by atoms with Crippen molar-refractivity contribution < 1.29 is 4.42 Å². The molecular formula is C52H32N2O. The van der Waals surface area contributed by atoms with Gasteiger partial charge in [-0.2, -0.15) is 0 Å². The van der Waals surface area contributed by atoms with E-state index in [4.69, 9.17) is 9.40 Å². The molecule has 2 aromatic heterocycles. The minimum atomic E-state index is -0.450. The van der Waals surface area contributed by atoms with E-state index in [0.717, 1.165) is 49.9 Å². The lowest BCUT2D eigenvalue weighted by Crippen LogP contribution is -2.26. The number of para-hydroxylation sites is 2. The molecule has 0 N–H and O–H groups in total. The number of rotatable bonds is 4. The second kappa shape index (κ2) is 11.4. The van der Waals surface area contributed by atoms with E-state index >= 15 is 0 Å². The fourth-order valence-corrected chi connectivity index (χ4v) is 9.69. The van der Waals surface area contributed by atoms with Gasteiger partial charge in [-0.15, -0.1) is 0 Å². The summed E-state index contributed by atoms with van der Waals surface area (Å²) in [5.74, 6) is 0. The first-order valence-corrected chi connectivity index (χ1v) is 18.9. The van der Waals surface area contributed by atoms with Crippen LogP contribution in [0.1, 0.15) is 22.3 Å². The molecule has 0 saturated carbocycles. The zero-order chi connectivity index (χ0) is 36.1. The van der Waals surface area contributed by atoms with Gasteiger partial charge in [0.2, 0.25) is 0 Å². The Morgan fingerprint density at radius 2 is 0.964 bits per heavy atom. The molecule has 256 valence electrons. The van der Waals surface area contributed by atoms with Gasteiger partial charge < -0.3 is 9.32 Å². The van der Waals surface area contributed by atoms with Gasteiger partial charge >= 0.3 is 0 Å². The number of nitrogens with zero attached hydrogens (tertiary/aromatic N) is 2. The molecular weight excluding hydrogens is 669 g/mol. The van der Waals surface area contributed by atoms with E-state index < -0.39 is 5.41 Å². The highest BCUT2D eigenvalue weighted by Gasteiger charge is 2.52. The summed E-state index contributed by atoms with van der Waals surface area (Å²) in [7, 11) is 0. The van der Waals surface area contributed by atoms with Crippen molar-refractivity contribution in [2.45, 2.75) is 5.41 Å². The van der Waals surface area contributed by atoms with Crippen molar-refractivity contribution in [3.8, 4) is 33.4 Å². The van der Waals surface area contributed by atoms with Crippen LogP contribution in [-0.2, 0) is 5.41 Å².